The van der Waals surface area contributed by atoms with Gasteiger partial charge in [-0.05, 0) is 12.1 Å². The van der Waals surface area contributed by atoms with Crippen molar-refractivity contribution in [2.24, 2.45) is 0 Å². The average Bonchev–Trinajstić information content (AvgIpc) is 2.78. The molecule has 2 N–H and O–H groups in total. The minimum absolute atomic E-state index is 0.0297. The summed E-state index contributed by atoms with van der Waals surface area (Å²) in [6, 6.07) is 5.98. The smallest absolute Gasteiger partial charge is 0.238 e. The number of benzene rings is 1. The summed E-state index contributed by atoms with van der Waals surface area (Å²) < 4.78 is 18.1. The normalized spacial score (nSPS) is 10.4. The average molecular weight is 264 g/mol. The monoisotopic (exact) mass is 264 g/mol. The number of nitrogens with one attached hydrogen (secondary N) is 2. The third-order valence-electron chi connectivity index (χ3n) is 2.29. The Morgan fingerprint density at radius 1 is 1.42 bits per heavy atom. The van der Waals surface area contributed by atoms with Crippen molar-refractivity contribution in [2.45, 2.75) is 13.5 Å². The predicted molar refractivity (Wildman–Crippen MR) is 65.8 cm³/mol. The fourth-order valence-electron chi connectivity index (χ4n) is 1.46. The summed E-state index contributed by atoms with van der Waals surface area (Å²) in [6.45, 7) is 2.02. The molecule has 100 valence electrons. The highest BCUT2D eigenvalue weighted by Crippen LogP contribution is 2.11. The molecule has 6 nitrogen and oxygen atoms in total. The summed E-state index contributed by atoms with van der Waals surface area (Å²) in [5.74, 6) is 0.124. The summed E-state index contributed by atoms with van der Waals surface area (Å²) in [5, 5.41) is 8.97. The summed E-state index contributed by atoms with van der Waals surface area (Å²) >= 11 is 0. The van der Waals surface area contributed by atoms with Gasteiger partial charge in [-0.2, -0.15) is 4.98 Å². The zero-order valence-electron chi connectivity index (χ0n) is 10.3. The SMILES string of the molecule is Cc1nc(CNCC(=O)Nc2ccccc2F)no1. The molecular formula is C12H13FN4O2. The van der Waals surface area contributed by atoms with Crippen LogP contribution >= 0.6 is 0 Å². The van der Waals surface area contributed by atoms with E-state index in [2.05, 4.69) is 20.8 Å². The van der Waals surface area contributed by atoms with Crippen molar-refractivity contribution in [3.05, 3.63) is 41.8 Å². The Labute approximate surface area is 109 Å². The number of hydrogen-bond acceptors (Lipinski definition) is 5. The number of aryl methyl sites for hydroxylation is 1. The lowest BCUT2D eigenvalue weighted by molar-refractivity contribution is -0.115. The van der Waals surface area contributed by atoms with Crippen LogP contribution in [0.2, 0.25) is 0 Å². The molecule has 0 aliphatic carbocycles. The van der Waals surface area contributed by atoms with E-state index in [-0.39, 0.29) is 18.1 Å². The number of aromatic nitrogens is 2. The quantitative estimate of drug-likeness (QED) is 0.849. The molecule has 2 rings (SSSR count). The third-order valence-corrected chi connectivity index (χ3v) is 2.29. The molecule has 1 heterocycles. The zero-order valence-corrected chi connectivity index (χ0v) is 10.3. The second-order valence-corrected chi connectivity index (χ2v) is 3.86. The van der Waals surface area contributed by atoms with Gasteiger partial charge in [0.05, 0.1) is 18.8 Å². The van der Waals surface area contributed by atoms with Gasteiger partial charge in [-0.15, -0.1) is 0 Å². The molecule has 7 heteroatoms. The van der Waals surface area contributed by atoms with Crippen molar-refractivity contribution in [3.8, 4) is 0 Å². The van der Waals surface area contributed by atoms with Crippen LogP contribution in [0.5, 0.6) is 0 Å². The lowest BCUT2D eigenvalue weighted by Gasteiger charge is -2.06. The van der Waals surface area contributed by atoms with Gasteiger partial charge in [-0.1, -0.05) is 17.3 Å². The van der Waals surface area contributed by atoms with E-state index < -0.39 is 5.82 Å². The first-order valence-corrected chi connectivity index (χ1v) is 5.69. The van der Waals surface area contributed by atoms with Crippen LogP contribution < -0.4 is 10.6 Å². The molecule has 1 aromatic carbocycles. The van der Waals surface area contributed by atoms with E-state index in [4.69, 9.17) is 4.52 Å². The molecule has 0 atom stereocenters. The van der Waals surface area contributed by atoms with Crippen LogP contribution in [0.4, 0.5) is 10.1 Å². The number of carbonyl (C=O) groups is 1. The van der Waals surface area contributed by atoms with E-state index in [0.717, 1.165) is 0 Å². The van der Waals surface area contributed by atoms with Gasteiger partial charge in [0.15, 0.2) is 5.82 Å². The molecule has 0 fully saturated rings. The Morgan fingerprint density at radius 2 is 2.21 bits per heavy atom. The van der Waals surface area contributed by atoms with Gasteiger partial charge in [0.2, 0.25) is 11.8 Å². The molecule has 0 bridgehead atoms. The Hall–Kier alpha value is -2.28. The number of halogens is 1. The number of anilines is 1. The van der Waals surface area contributed by atoms with Gasteiger partial charge in [0.25, 0.3) is 0 Å². The van der Waals surface area contributed by atoms with Crippen LogP contribution in [0.3, 0.4) is 0 Å². The number of hydrogen-bond donors (Lipinski definition) is 2. The first-order valence-electron chi connectivity index (χ1n) is 5.69. The third kappa shape index (κ3) is 3.85. The van der Waals surface area contributed by atoms with Crippen molar-refractivity contribution < 1.29 is 13.7 Å². The Bertz CT molecular complexity index is 570. The fourth-order valence-corrected chi connectivity index (χ4v) is 1.46. The van der Waals surface area contributed by atoms with E-state index in [9.17, 15) is 9.18 Å². The molecule has 0 spiro atoms. The number of amides is 1. The molecular weight excluding hydrogens is 251 g/mol. The number of rotatable bonds is 5. The van der Waals surface area contributed by atoms with Crippen LogP contribution in [-0.2, 0) is 11.3 Å². The van der Waals surface area contributed by atoms with Gasteiger partial charge in [-0.25, -0.2) is 4.39 Å². The van der Waals surface area contributed by atoms with Crippen molar-refractivity contribution in [2.75, 3.05) is 11.9 Å². The molecule has 1 amide bonds. The summed E-state index contributed by atoms with van der Waals surface area (Å²) in [4.78, 5) is 15.5. The summed E-state index contributed by atoms with van der Waals surface area (Å²) in [6.07, 6.45) is 0. The summed E-state index contributed by atoms with van der Waals surface area (Å²) in [5.41, 5.74) is 0.157. The van der Waals surface area contributed by atoms with Gasteiger partial charge in [-0.3, -0.25) is 4.79 Å². The number of para-hydroxylation sites is 1. The van der Waals surface area contributed by atoms with Crippen LogP contribution in [0.25, 0.3) is 0 Å². The van der Waals surface area contributed by atoms with Gasteiger partial charge < -0.3 is 15.2 Å². The molecule has 0 saturated carbocycles. The van der Waals surface area contributed by atoms with Crippen molar-refractivity contribution in [3.63, 3.8) is 0 Å². The molecule has 0 aliphatic rings. The van der Waals surface area contributed by atoms with E-state index in [0.29, 0.717) is 18.3 Å². The molecule has 2 aromatic rings. The largest absolute Gasteiger partial charge is 0.340 e. The predicted octanol–water partition coefficient (Wildman–Crippen LogP) is 1.25. The molecule has 0 saturated heterocycles. The molecule has 0 unspecified atom stereocenters. The standard InChI is InChI=1S/C12H13FN4O2/c1-8-15-11(17-19-8)6-14-7-12(18)16-10-5-3-2-4-9(10)13/h2-5,14H,6-7H2,1H3,(H,16,18). The van der Waals surface area contributed by atoms with Crippen LogP contribution in [0, 0.1) is 12.7 Å². The fraction of sp³-hybridized carbons (Fsp3) is 0.250. The highest BCUT2D eigenvalue weighted by Gasteiger charge is 2.07. The highest BCUT2D eigenvalue weighted by atomic mass is 19.1. The van der Waals surface area contributed by atoms with Gasteiger partial charge >= 0.3 is 0 Å². The zero-order chi connectivity index (χ0) is 13.7. The van der Waals surface area contributed by atoms with E-state index >= 15 is 0 Å². The van der Waals surface area contributed by atoms with Crippen molar-refractivity contribution in [1.82, 2.24) is 15.5 Å². The van der Waals surface area contributed by atoms with Crippen LogP contribution in [0.1, 0.15) is 11.7 Å². The lowest BCUT2D eigenvalue weighted by atomic mass is 10.3. The Balaban J connectivity index is 1.77. The van der Waals surface area contributed by atoms with Crippen LogP contribution in [-0.4, -0.2) is 22.6 Å². The van der Waals surface area contributed by atoms with Crippen molar-refractivity contribution in [1.29, 1.82) is 0 Å². The maximum absolute atomic E-state index is 13.3. The van der Waals surface area contributed by atoms with Crippen molar-refractivity contribution >= 4 is 11.6 Å². The van der Waals surface area contributed by atoms with Gasteiger partial charge in [0.1, 0.15) is 5.82 Å². The minimum Gasteiger partial charge on any atom is -0.340 e. The molecule has 1 aromatic heterocycles. The van der Waals surface area contributed by atoms with E-state index in [1.54, 1.807) is 19.1 Å². The summed E-state index contributed by atoms with van der Waals surface area (Å²) in [7, 11) is 0. The second-order valence-electron chi connectivity index (χ2n) is 3.86. The van der Waals surface area contributed by atoms with Gasteiger partial charge in [0, 0.05) is 6.92 Å². The van der Waals surface area contributed by atoms with Crippen LogP contribution in [0.15, 0.2) is 28.8 Å². The topological polar surface area (TPSA) is 80.0 Å². The van der Waals surface area contributed by atoms with E-state index in [1.165, 1.54) is 12.1 Å². The first-order chi connectivity index (χ1) is 9.15. The highest BCUT2D eigenvalue weighted by molar-refractivity contribution is 5.92. The Kier molecular flexibility index (Phi) is 4.19. The first kappa shape index (κ1) is 13.2. The maximum Gasteiger partial charge on any atom is 0.238 e. The second kappa shape index (κ2) is 6.05. The molecule has 0 aliphatic heterocycles. The lowest BCUT2D eigenvalue weighted by Crippen LogP contribution is -2.28. The number of carbonyl (C=O) groups excluding carboxylic acids is 1. The minimum atomic E-state index is -0.468. The molecule has 19 heavy (non-hydrogen) atoms. The maximum atomic E-state index is 13.3. The number of nitrogens with zero attached hydrogens (tertiary/aromatic N) is 2. The Morgan fingerprint density at radius 3 is 2.89 bits per heavy atom. The molecule has 0 radical (unpaired) electrons. The van der Waals surface area contributed by atoms with E-state index in [1.807, 2.05) is 0 Å².